The van der Waals surface area contributed by atoms with Gasteiger partial charge in [-0.3, -0.25) is 14.5 Å². The number of aryl methyl sites for hydroxylation is 1. The van der Waals surface area contributed by atoms with Crippen LogP contribution in [-0.2, 0) is 16.6 Å². The zero-order valence-electron chi connectivity index (χ0n) is 19.2. The van der Waals surface area contributed by atoms with Crippen molar-refractivity contribution in [3.8, 4) is 11.4 Å². The highest BCUT2D eigenvalue weighted by molar-refractivity contribution is 7.99. The molecule has 4 rings (SSSR count). The van der Waals surface area contributed by atoms with Gasteiger partial charge in [0.25, 0.3) is 0 Å². The van der Waals surface area contributed by atoms with Gasteiger partial charge in [0.2, 0.25) is 11.8 Å². The Kier molecular flexibility index (Phi) is 7.59. The summed E-state index contributed by atoms with van der Waals surface area (Å²) in [4.78, 5) is 28.8. The fraction of sp³-hybridized carbons (Fsp3) is 0.333. The topological polar surface area (TPSA) is 83.4 Å². The number of halogens is 1. The largest absolute Gasteiger partial charge is 0.339 e. The Morgan fingerprint density at radius 2 is 1.82 bits per heavy atom. The first-order valence-electron chi connectivity index (χ1n) is 11.0. The van der Waals surface area contributed by atoms with E-state index in [1.54, 1.807) is 12.1 Å². The monoisotopic (exact) mass is 482 g/mol. The van der Waals surface area contributed by atoms with Crippen molar-refractivity contribution in [2.24, 2.45) is 7.05 Å². The number of piperazine rings is 1. The lowest BCUT2D eigenvalue weighted by Crippen LogP contribution is -2.50. The number of thioether (sulfide) groups is 1. The number of benzene rings is 2. The van der Waals surface area contributed by atoms with E-state index in [4.69, 9.17) is 0 Å². The minimum absolute atomic E-state index is 0.0361. The van der Waals surface area contributed by atoms with Crippen molar-refractivity contribution >= 4 is 29.3 Å². The van der Waals surface area contributed by atoms with E-state index in [0.29, 0.717) is 37.0 Å². The first-order valence-corrected chi connectivity index (χ1v) is 12.0. The van der Waals surface area contributed by atoms with Gasteiger partial charge in [0.05, 0.1) is 12.3 Å². The maximum absolute atomic E-state index is 13.3. The molecule has 1 N–H and O–H groups in total. The first kappa shape index (κ1) is 23.9. The molecular formula is C24H27FN6O2S. The highest BCUT2D eigenvalue weighted by atomic mass is 32.2. The van der Waals surface area contributed by atoms with Crippen LogP contribution in [0.15, 0.2) is 53.7 Å². The van der Waals surface area contributed by atoms with Gasteiger partial charge in [-0.25, -0.2) is 4.39 Å². The molecule has 2 amide bonds. The number of aromatic nitrogens is 3. The molecule has 10 heteroatoms. The standard InChI is InChI=1S/C24H27FN6O2S/c1-17-5-3-6-18(13-17)23-27-28-24(29(23)2)34-16-22(33)31-11-9-30(10-12-31)15-21(32)26-20-8-4-7-19(25)14-20/h3-8,13-14H,9-12,15-16H2,1-2H3,(H,26,32). The molecule has 1 fully saturated rings. The van der Waals surface area contributed by atoms with Crippen LogP contribution < -0.4 is 5.32 Å². The maximum atomic E-state index is 13.3. The highest BCUT2D eigenvalue weighted by Crippen LogP contribution is 2.23. The zero-order valence-corrected chi connectivity index (χ0v) is 20.0. The number of rotatable bonds is 7. The first-order chi connectivity index (χ1) is 16.4. The van der Waals surface area contributed by atoms with Crippen molar-refractivity contribution in [1.82, 2.24) is 24.6 Å². The van der Waals surface area contributed by atoms with Crippen LogP contribution in [0.2, 0.25) is 0 Å². The average molecular weight is 483 g/mol. The summed E-state index contributed by atoms with van der Waals surface area (Å²) >= 11 is 1.37. The predicted octanol–water partition coefficient (Wildman–Crippen LogP) is 2.80. The van der Waals surface area contributed by atoms with E-state index in [0.717, 1.165) is 17.0 Å². The smallest absolute Gasteiger partial charge is 0.238 e. The molecule has 0 radical (unpaired) electrons. The molecule has 0 spiro atoms. The minimum Gasteiger partial charge on any atom is -0.339 e. The average Bonchev–Trinajstić information content (AvgIpc) is 3.18. The number of amides is 2. The fourth-order valence-electron chi connectivity index (χ4n) is 3.82. The Morgan fingerprint density at radius 3 is 2.56 bits per heavy atom. The van der Waals surface area contributed by atoms with Gasteiger partial charge in [-0.2, -0.15) is 0 Å². The zero-order chi connectivity index (χ0) is 24.1. The van der Waals surface area contributed by atoms with E-state index in [-0.39, 0.29) is 24.1 Å². The van der Waals surface area contributed by atoms with Gasteiger partial charge >= 0.3 is 0 Å². The molecule has 1 aromatic heterocycles. The van der Waals surface area contributed by atoms with E-state index in [2.05, 4.69) is 21.6 Å². The normalized spacial score (nSPS) is 14.3. The molecule has 8 nitrogen and oxygen atoms in total. The van der Waals surface area contributed by atoms with E-state index in [1.165, 1.54) is 23.9 Å². The Labute approximate surface area is 202 Å². The Hall–Kier alpha value is -3.24. The second-order valence-electron chi connectivity index (χ2n) is 8.24. The van der Waals surface area contributed by atoms with E-state index in [1.807, 2.05) is 46.5 Å². The quantitative estimate of drug-likeness (QED) is 0.522. The Bertz CT molecular complexity index is 1180. The summed E-state index contributed by atoms with van der Waals surface area (Å²) in [6.45, 7) is 4.56. The van der Waals surface area contributed by atoms with Crippen LogP contribution in [0.1, 0.15) is 5.56 Å². The molecule has 1 aliphatic rings. The number of hydrogen-bond acceptors (Lipinski definition) is 6. The molecule has 3 aromatic rings. The third kappa shape index (κ3) is 6.00. The van der Waals surface area contributed by atoms with E-state index in [9.17, 15) is 14.0 Å². The van der Waals surface area contributed by atoms with Gasteiger partial charge in [-0.1, -0.05) is 41.6 Å². The lowest BCUT2D eigenvalue weighted by atomic mass is 10.1. The molecule has 1 aliphatic heterocycles. The summed E-state index contributed by atoms with van der Waals surface area (Å²) < 4.78 is 15.2. The van der Waals surface area contributed by atoms with Crippen LogP contribution in [0.5, 0.6) is 0 Å². The van der Waals surface area contributed by atoms with Crippen LogP contribution >= 0.6 is 11.8 Å². The number of anilines is 1. The van der Waals surface area contributed by atoms with Crippen molar-refractivity contribution in [2.45, 2.75) is 12.1 Å². The van der Waals surface area contributed by atoms with Gasteiger partial charge in [0.15, 0.2) is 11.0 Å². The molecule has 2 heterocycles. The molecule has 0 aliphatic carbocycles. The Morgan fingerprint density at radius 1 is 1.06 bits per heavy atom. The summed E-state index contributed by atoms with van der Waals surface area (Å²) in [5.74, 6) is 0.487. The molecule has 0 saturated carbocycles. The summed E-state index contributed by atoms with van der Waals surface area (Å²) in [7, 11) is 1.90. The van der Waals surface area contributed by atoms with E-state index < -0.39 is 5.82 Å². The highest BCUT2D eigenvalue weighted by Gasteiger charge is 2.23. The summed E-state index contributed by atoms with van der Waals surface area (Å²) in [6.07, 6.45) is 0. The van der Waals surface area contributed by atoms with Crippen LogP contribution in [0.3, 0.4) is 0 Å². The SMILES string of the molecule is Cc1cccc(-c2nnc(SCC(=O)N3CCN(CC(=O)Nc4cccc(F)c4)CC3)n2C)c1. The molecular weight excluding hydrogens is 455 g/mol. The lowest BCUT2D eigenvalue weighted by Gasteiger charge is -2.34. The second kappa shape index (κ2) is 10.8. The second-order valence-corrected chi connectivity index (χ2v) is 9.18. The molecule has 2 aromatic carbocycles. The van der Waals surface area contributed by atoms with Crippen molar-refractivity contribution < 1.29 is 14.0 Å². The lowest BCUT2D eigenvalue weighted by molar-refractivity contribution is -0.130. The molecule has 34 heavy (non-hydrogen) atoms. The van der Waals surface area contributed by atoms with Crippen molar-refractivity contribution in [3.63, 3.8) is 0 Å². The molecule has 0 atom stereocenters. The fourth-order valence-corrected chi connectivity index (χ4v) is 4.63. The third-order valence-corrected chi connectivity index (χ3v) is 6.64. The number of nitrogens with zero attached hydrogens (tertiary/aromatic N) is 5. The summed E-state index contributed by atoms with van der Waals surface area (Å²) in [5, 5.41) is 11.9. The number of carbonyl (C=O) groups excluding carboxylic acids is 2. The van der Waals surface area contributed by atoms with Gasteiger partial charge in [-0.05, 0) is 31.2 Å². The summed E-state index contributed by atoms with van der Waals surface area (Å²) in [6, 6.07) is 13.9. The third-order valence-electron chi connectivity index (χ3n) is 5.64. The van der Waals surface area contributed by atoms with Crippen molar-refractivity contribution in [3.05, 3.63) is 59.9 Å². The van der Waals surface area contributed by atoms with Crippen molar-refractivity contribution in [1.29, 1.82) is 0 Å². The van der Waals surface area contributed by atoms with Crippen molar-refractivity contribution in [2.75, 3.05) is 43.8 Å². The number of nitrogens with one attached hydrogen (secondary N) is 1. The van der Waals surface area contributed by atoms with Gasteiger partial charge in [0, 0.05) is 44.5 Å². The molecule has 0 bridgehead atoms. The molecule has 0 unspecified atom stereocenters. The molecule has 178 valence electrons. The number of carbonyl (C=O) groups is 2. The van der Waals surface area contributed by atoms with Crippen LogP contribution in [0.4, 0.5) is 10.1 Å². The van der Waals surface area contributed by atoms with Crippen LogP contribution in [-0.4, -0.2) is 74.9 Å². The molecule has 1 saturated heterocycles. The maximum Gasteiger partial charge on any atom is 0.238 e. The van der Waals surface area contributed by atoms with Crippen LogP contribution in [0, 0.1) is 12.7 Å². The number of hydrogen-bond donors (Lipinski definition) is 1. The van der Waals surface area contributed by atoms with Crippen LogP contribution in [0.25, 0.3) is 11.4 Å². The Balaban J connectivity index is 1.23. The van der Waals surface area contributed by atoms with Gasteiger partial charge in [-0.15, -0.1) is 10.2 Å². The predicted molar refractivity (Wildman–Crippen MR) is 130 cm³/mol. The van der Waals surface area contributed by atoms with Gasteiger partial charge < -0.3 is 14.8 Å². The van der Waals surface area contributed by atoms with E-state index >= 15 is 0 Å². The summed E-state index contributed by atoms with van der Waals surface area (Å²) in [5.41, 5.74) is 2.58. The van der Waals surface area contributed by atoms with Gasteiger partial charge in [0.1, 0.15) is 5.82 Å². The minimum atomic E-state index is -0.393.